The fourth-order valence-corrected chi connectivity index (χ4v) is 4.04. The molecule has 0 atom stereocenters. The molecule has 1 aliphatic heterocycles. The summed E-state index contributed by atoms with van der Waals surface area (Å²) in [6.45, 7) is 4.28. The third-order valence-corrected chi connectivity index (χ3v) is 5.66. The molecule has 0 amide bonds. The van der Waals surface area contributed by atoms with Crippen LogP contribution in [-0.2, 0) is 6.61 Å². The maximum atomic E-state index is 12.8. The van der Waals surface area contributed by atoms with E-state index in [0.717, 1.165) is 27.3 Å². The molecule has 5 heteroatoms. The Hall–Kier alpha value is -3.05. The summed E-state index contributed by atoms with van der Waals surface area (Å²) in [5.41, 5.74) is 3.52. The molecule has 0 spiro atoms. The van der Waals surface area contributed by atoms with Gasteiger partial charge in [-0.15, -0.1) is 11.3 Å². The van der Waals surface area contributed by atoms with Crippen molar-refractivity contribution in [1.29, 1.82) is 0 Å². The first-order chi connectivity index (χ1) is 13.6. The quantitative estimate of drug-likeness (QED) is 0.533. The molecule has 2 aromatic carbocycles. The van der Waals surface area contributed by atoms with E-state index in [0.29, 0.717) is 29.4 Å². The van der Waals surface area contributed by atoms with Crippen LogP contribution >= 0.6 is 11.3 Å². The van der Waals surface area contributed by atoms with Gasteiger partial charge in [-0.2, -0.15) is 0 Å². The monoisotopic (exact) mass is 392 g/mol. The predicted octanol–water partition coefficient (Wildman–Crippen LogP) is 5.57. The predicted molar refractivity (Wildman–Crippen MR) is 110 cm³/mol. The van der Waals surface area contributed by atoms with E-state index in [1.165, 1.54) is 0 Å². The second kappa shape index (κ2) is 7.52. The van der Waals surface area contributed by atoms with Crippen LogP contribution in [0.15, 0.2) is 53.6 Å². The van der Waals surface area contributed by atoms with Crippen LogP contribution in [0.2, 0.25) is 0 Å². The highest BCUT2D eigenvalue weighted by atomic mass is 32.1. The number of methoxy groups -OCH3 is 1. The zero-order valence-corrected chi connectivity index (χ0v) is 16.8. The maximum Gasteiger partial charge on any atom is 0.232 e. The van der Waals surface area contributed by atoms with Gasteiger partial charge in [-0.3, -0.25) is 4.79 Å². The van der Waals surface area contributed by atoms with Crippen molar-refractivity contribution in [3.63, 3.8) is 0 Å². The van der Waals surface area contributed by atoms with Gasteiger partial charge in [0, 0.05) is 22.6 Å². The van der Waals surface area contributed by atoms with Crippen LogP contribution in [0.5, 0.6) is 17.2 Å². The lowest BCUT2D eigenvalue weighted by Gasteiger charge is -2.11. The van der Waals surface area contributed by atoms with E-state index in [9.17, 15) is 4.79 Å². The van der Waals surface area contributed by atoms with Gasteiger partial charge in [0.15, 0.2) is 5.76 Å². The van der Waals surface area contributed by atoms with Gasteiger partial charge in [-0.25, -0.2) is 0 Å². The van der Waals surface area contributed by atoms with Gasteiger partial charge in [0.2, 0.25) is 5.78 Å². The van der Waals surface area contributed by atoms with E-state index >= 15 is 0 Å². The van der Waals surface area contributed by atoms with Crippen LogP contribution < -0.4 is 14.2 Å². The molecular weight excluding hydrogens is 372 g/mol. The fourth-order valence-electron chi connectivity index (χ4n) is 3.20. The van der Waals surface area contributed by atoms with Crippen molar-refractivity contribution in [2.24, 2.45) is 0 Å². The summed E-state index contributed by atoms with van der Waals surface area (Å²) in [5.74, 6) is 2.24. The highest BCUT2D eigenvalue weighted by molar-refractivity contribution is 7.11. The van der Waals surface area contributed by atoms with E-state index in [-0.39, 0.29) is 5.78 Å². The molecule has 4 nitrogen and oxygen atoms in total. The van der Waals surface area contributed by atoms with Crippen molar-refractivity contribution in [1.82, 2.24) is 0 Å². The number of fused-ring (bicyclic) bond motifs is 1. The maximum absolute atomic E-state index is 12.8. The van der Waals surface area contributed by atoms with Gasteiger partial charge in [-0.05, 0) is 48.6 Å². The van der Waals surface area contributed by atoms with Gasteiger partial charge >= 0.3 is 0 Å². The summed E-state index contributed by atoms with van der Waals surface area (Å²) in [6.07, 6.45) is 1.82. The molecule has 3 aromatic rings. The van der Waals surface area contributed by atoms with Gasteiger partial charge in [0.1, 0.15) is 23.9 Å². The Kier molecular flexibility index (Phi) is 4.92. The molecule has 0 aliphatic carbocycles. The lowest BCUT2D eigenvalue weighted by atomic mass is 10.0. The summed E-state index contributed by atoms with van der Waals surface area (Å²) in [7, 11) is 1.64. The number of benzene rings is 2. The summed E-state index contributed by atoms with van der Waals surface area (Å²) in [4.78, 5) is 13.8. The minimum atomic E-state index is -0.0865. The molecule has 1 aliphatic rings. The molecule has 0 radical (unpaired) electrons. The molecule has 4 rings (SSSR count). The minimum Gasteiger partial charge on any atom is -0.496 e. The van der Waals surface area contributed by atoms with Crippen LogP contribution in [0, 0.1) is 13.8 Å². The molecule has 142 valence electrons. The second-order valence-electron chi connectivity index (χ2n) is 6.62. The number of carbonyl (C=O) groups is 1. The van der Waals surface area contributed by atoms with E-state index in [2.05, 4.69) is 0 Å². The van der Waals surface area contributed by atoms with E-state index in [1.807, 2.05) is 61.7 Å². The normalized spacial score (nSPS) is 14.1. The zero-order chi connectivity index (χ0) is 19.7. The fraction of sp³-hybridized carbons (Fsp3) is 0.174. The molecule has 1 aromatic heterocycles. The number of ketones is 1. The number of hydrogen-bond acceptors (Lipinski definition) is 5. The molecule has 0 saturated carbocycles. The highest BCUT2D eigenvalue weighted by Crippen LogP contribution is 2.38. The summed E-state index contributed by atoms with van der Waals surface area (Å²) >= 11 is 1.59. The highest BCUT2D eigenvalue weighted by Gasteiger charge is 2.30. The number of hydrogen-bond donors (Lipinski definition) is 0. The van der Waals surface area contributed by atoms with Crippen molar-refractivity contribution in [2.75, 3.05) is 7.11 Å². The first-order valence-electron chi connectivity index (χ1n) is 8.94. The number of carbonyl (C=O) groups excluding carboxylic acids is 1. The SMILES string of the molecule is COc1ccccc1COc1cc(C)c2c(c1)O/C(=C\c1sccc1C)C2=O. The van der Waals surface area contributed by atoms with Crippen LogP contribution in [0.1, 0.15) is 31.9 Å². The van der Waals surface area contributed by atoms with Gasteiger partial charge in [0.25, 0.3) is 0 Å². The number of thiophene rings is 1. The van der Waals surface area contributed by atoms with Crippen molar-refractivity contribution in [3.8, 4) is 17.2 Å². The molecule has 0 saturated heterocycles. The van der Waals surface area contributed by atoms with E-state index in [1.54, 1.807) is 24.5 Å². The van der Waals surface area contributed by atoms with Gasteiger partial charge in [0.05, 0.1) is 12.7 Å². The second-order valence-corrected chi connectivity index (χ2v) is 7.57. The number of allylic oxidation sites excluding steroid dienone is 1. The molecule has 0 unspecified atom stereocenters. The summed E-state index contributed by atoms with van der Waals surface area (Å²) in [6, 6.07) is 13.4. The Bertz CT molecular complexity index is 1080. The molecule has 0 fully saturated rings. The Balaban J connectivity index is 1.58. The minimum absolute atomic E-state index is 0.0865. The molecular formula is C23H20O4S. The number of para-hydroxylation sites is 1. The topological polar surface area (TPSA) is 44.8 Å². The summed E-state index contributed by atoms with van der Waals surface area (Å²) in [5, 5.41) is 2.00. The van der Waals surface area contributed by atoms with Crippen LogP contribution in [0.25, 0.3) is 6.08 Å². The standard InChI is InChI=1S/C23H20O4S/c1-14-8-9-28-21(14)12-20-23(24)22-15(2)10-17(11-19(22)27-20)26-13-16-6-4-5-7-18(16)25-3/h4-12H,13H2,1-3H3/b20-12-. The third-order valence-electron chi connectivity index (χ3n) is 4.69. The van der Waals surface area contributed by atoms with Crippen molar-refractivity contribution >= 4 is 23.2 Å². The van der Waals surface area contributed by atoms with Crippen molar-refractivity contribution in [2.45, 2.75) is 20.5 Å². The Morgan fingerprint density at radius 2 is 1.93 bits per heavy atom. The first kappa shape index (κ1) is 18.3. The average molecular weight is 392 g/mol. The lowest BCUT2D eigenvalue weighted by Crippen LogP contribution is -2.00. The number of aryl methyl sites for hydroxylation is 2. The van der Waals surface area contributed by atoms with Gasteiger partial charge in [-0.1, -0.05) is 18.2 Å². The largest absolute Gasteiger partial charge is 0.496 e. The molecule has 28 heavy (non-hydrogen) atoms. The van der Waals surface area contributed by atoms with Crippen LogP contribution in [-0.4, -0.2) is 12.9 Å². The molecule has 0 N–H and O–H groups in total. The molecule has 2 heterocycles. The number of ether oxygens (including phenoxy) is 3. The lowest BCUT2D eigenvalue weighted by molar-refractivity contribution is 0.101. The third kappa shape index (κ3) is 3.41. The number of Topliss-reactive ketones (excluding diaryl/α,β-unsaturated/α-hetero) is 1. The smallest absolute Gasteiger partial charge is 0.232 e. The zero-order valence-electron chi connectivity index (χ0n) is 15.9. The van der Waals surface area contributed by atoms with Crippen LogP contribution in [0.3, 0.4) is 0 Å². The Morgan fingerprint density at radius 1 is 1.11 bits per heavy atom. The first-order valence-corrected chi connectivity index (χ1v) is 9.82. The van der Waals surface area contributed by atoms with Gasteiger partial charge < -0.3 is 14.2 Å². The van der Waals surface area contributed by atoms with Crippen molar-refractivity contribution < 1.29 is 19.0 Å². The number of rotatable bonds is 5. The summed E-state index contributed by atoms with van der Waals surface area (Å²) < 4.78 is 17.2. The average Bonchev–Trinajstić information content (AvgIpc) is 3.24. The Labute approximate surface area is 168 Å². The van der Waals surface area contributed by atoms with E-state index in [4.69, 9.17) is 14.2 Å². The molecule has 0 bridgehead atoms. The van der Waals surface area contributed by atoms with Crippen LogP contribution in [0.4, 0.5) is 0 Å². The van der Waals surface area contributed by atoms with E-state index < -0.39 is 0 Å². The van der Waals surface area contributed by atoms with Crippen molar-refractivity contribution in [3.05, 3.63) is 80.7 Å². The Morgan fingerprint density at radius 3 is 2.68 bits per heavy atom.